The molecule has 0 spiro atoms. The van der Waals surface area contributed by atoms with Gasteiger partial charge in [0.1, 0.15) is 5.75 Å². The van der Waals surface area contributed by atoms with E-state index < -0.39 is 0 Å². The van der Waals surface area contributed by atoms with Gasteiger partial charge >= 0.3 is 0 Å². The van der Waals surface area contributed by atoms with Gasteiger partial charge in [-0.05, 0) is 37.2 Å². The third-order valence-corrected chi connectivity index (χ3v) is 4.41. The monoisotopic (exact) mass is 246 g/mol. The van der Waals surface area contributed by atoms with Crippen molar-refractivity contribution >= 4 is 0 Å². The molecule has 1 aromatic rings. The van der Waals surface area contributed by atoms with E-state index in [0.29, 0.717) is 12.7 Å². The second-order valence-electron chi connectivity index (χ2n) is 5.80. The minimum Gasteiger partial charge on any atom is -0.490 e. The Hall–Kier alpha value is -1.02. The van der Waals surface area contributed by atoms with Crippen LogP contribution in [0, 0.1) is 11.8 Å². The standard InChI is InChI=1S/C16H22O2/c1-17-11-14-4-2-3-5-16(14)18-15-9-12-6-7-13(8-12)10-15/h2-5,12-13,15H,6-11H2,1H3/t12-,13+,15-. The average Bonchev–Trinajstić information content (AvgIpc) is 2.72. The van der Waals surface area contributed by atoms with Crippen molar-refractivity contribution in [3.63, 3.8) is 0 Å². The summed E-state index contributed by atoms with van der Waals surface area (Å²) in [6.45, 7) is 0.635. The summed E-state index contributed by atoms with van der Waals surface area (Å²) in [5, 5.41) is 0. The molecule has 2 bridgehead atoms. The van der Waals surface area contributed by atoms with E-state index in [9.17, 15) is 0 Å². The first-order valence-electron chi connectivity index (χ1n) is 7.08. The van der Waals surface area contributed by atoms with Crippen LogP contribution in [0.2, 0.25) is 0 Å². The van der Waals surface area contributed by atoms with Crippen molar-refractivity contribution in [2.45, 2.75) is 44.8 Å². The highest BCUT2D eigenvalue weighted by atomic mass is 16.5. The van der Waals surface area contributed by atoms with Gasteiger partial charge in [0.25, 0.3) is 0 Å². The molecular weight excluding hydrogens is 224 g/mol. The molecule has 2 nitrogen and oxygen atoms in total. The van der Waals surface area contributed by atoms with E-state index in [1.165, 1.54) is 32.1 Å². The molecule has 0 aliphatic heterocycles. The third kappa shape index (κ3) is 2.54. The van der Waals surface area contributed by atoms with Gasteiger partial charge in [0, 0.05) is 12.7 Å². The van der Waals surface area contributed by atoms with Gasteiger partial charge in [-0.2, -0.15) is 0 Å². The molecule has 18 heavy (non-hydrogen) atoms. The van der Waals surface area contributed by atoms with Crippen LogP contribution in [-0.2, 0) is 11.3 Å². The Balaban J connectivity index is 1.68. The first-order valence-corrected chi connectivity index (χ1v) is 7.08. The molecule has 2 aliphatic rings. The van der Waals surface area contributed by atoms with Gasteiger partial charge in [-0.25, -0.2) is 0 Å². The van der Waals surface area contributed by atoms with Crippen LogP contribution in [0.1, 0.15) is 37.7 Å². The van der Waals surface area contributed by atoms with E-state index in [0.717, 1.165) is 23.1 Å². The Kier molecular flexibility index (Phi) is 3.55. The van der Waals surface area contributed by atoms with Crippen LogP contribution in [0.5, 0.6) is 5.75 Å². The van der Waals surface area contributed by atoms with Crippen LogP contribution in [-0.4, -0.2) is 13.2 Å². The lowest BCUT2D eigenvalue weighted by Gasteiger charge is -2.29. The number of hydrogen-bond acceptors (Lipinski definition) is 2. The molecule has 0 aromatic heterocycles. The molecule has 2 aliphatic carbocycles. The second kappa shape index (κ2) is 5.31. The summed E-state index contributed by atoms with van der Waals surface area (Å²) >= 11 is 0. The van der Waals surface area contributed by atoms with Gasteiger partial charge < -0.3 is 9.47 Å². The van der Waals surface area contributed by atoms with Crippen molar-refractivity contribution in [3.05, 3.63) is 29.8 Å². The normalized spacial score (nSPS) is 30.4. The average molecular weight is 246 g/mol. The number of methoxy groups -OCH3 is 1. The minimum atomic E-state index is 0.425. The number of ether oxygens (including phenoxy) is 2. The SMILES string of the molecule is COCc1ccccc1O[C@@H]1C[C@@H]2CC[C@@H](C2)C1. The quantitative estimate of drug-likeness (QED) is 0.804. The maximum absolute atomic E-state index is 6.24. The predicted octanol–water partition coefficient (Wildman–Crippen LogP) is 3.79. The first-order chi connectivity index (χ1) is 8.85. The maximum Gasteiger partial charge on any atom is 0.125 e. The van der Waals surface area contributed by atoms with Crippen molar-refractivity contribution < 1.29 is 9.47 Å². The number of para-hydroxylation sites is 1. The van der Waals surface area contributed by atoms with Gasteiger partial charge in [0.15, 0.2) is 0 Å². The summed E-state index contributed by atoms with van der Waals surface area (Å²) in [6.07, 6.45) is 7.21. The van der Waals surface area contributed by atoms with Crippen molar-refractivity contribution in [1.82, 2.24) is 0 Å². The summed E-state index contributed by atoms with van der Waals surface area (Å²) in [4.78, 5) is 0. The Morgan fingerprint density at radius 3 is 2.50 bits per heavy atom. The molecule has 1 aromatic carbocycles. The van der Waals surface area contributed by atoms with Gasteiger partial charge in [0.2, 0.25) is 0 Å². The zero-order valence-electron chi connectivity index (χ0n) is 11.1. The largest absolute Gasteiger partial charge is 0.490 e. The summed E-state index contributed by atoms with van der Waals surface area (Å²) in [7, 11) is 1.73. The molecule has 3 atom stereocenters. The smallest absolute Gasteiger partial charge is 0.125 e. The van der Waals surface area contributed by atoms with Crippen LogP contribution >= 0.6 is 0 Å². The molecule has 0 saturated heterocycles. The van der Waals surface area contributed by atoms with Crippen LogP contribution < -0.4 is 4.74 Å². The van der Waals surface area contributed by atoms with E-state index in [1.807, 2.05) is 12.1 Å². The highest BCUT2D eigenvalue weighted by Crippen LogP contribution is 2.43. The predicted molar refractivity (Wildman–Crippen MR) is 71.6 cm³/mol. The second-order valence-corrected chi connectivity index (χ2v) is 5.80. The van der Waals surface area contributed by atoms with E-state index in [1.54, 1.807) is 7.11 Å². The Labute approximate surface area is 109 Å². The molecule has 0 heterocycles. The van der Waals surface area contributed by atoms with Crippen LogP contribution in [0.25, 0.3) is 0 Å². The van der Waals surface area contributed by atoms with Gasteiger partial charge in [-0.3, -0.25) is 0 Å². The zero-order valence-corrected chi connectivity index (χ0v) is 11.1. The molecule has 0 amide bonds. The molecule has 2 saturated carbocycles. The lowest BCUT2D eigenvalue weighted by atomic mass is 9.87. The summed E-state index contributed by atoms with van der Waals surface area (Å²) in [6, 6.07) is 8.26. The highest BCUT2D eigenvalue weighted by molar-refractivity contribution is 5.33. The maximum atomic E-state index is 6.24. The van der Waals surface area contributed by atoms with E-state index in [-0.39, 0.29) is 0 Å². The molecule has 98 valence electrons. The van der Waals surface area contributed by atoms with Crippen LogP contribution in [0.3, 0.4) is 0 Å². The Bertz CT molecular complexity index is 390. The van der Waals surface area contributed by atoms with Gasteiger partial charge in [-0.1, -0.05) is 31.0 Å². The molecule has 0 unspecified atom stereocenters. The van der Waals surface area contributed by atoms with E-state index >= 15 is 0 Å². The fourth-order valence-corrected chi connectivity index (χ4v) is 3.62. The molecular formula is C16H22O2. The summed E-state index contributed by atoms with van der Waals surface area (Å²) < 4.78 is 11.5. The van der Waals surface area contributed by atoms with Gasteiger partial charge in [-0.15, -0.1) is 0 Å². The molecule has 2 fully saturated rings. The van der Waals surface area contributed by atoms with Crippen LogP contribution in [0.4, 0.5) is 0 Å². The minimum absolute atomic E-state index is 0.425. The molecule has 3 rings (SSSR count). The molecule has 2 heteroatoms. The lowest BCUT2D eigenvalue weighted by molar-refractivity contribution is 0.113. The number of rotatable bonds is 4. The fraction of sp³-hybridized carbons (Fsp3) is 0.625. The third-order valence-electron chi connectivity index (χ3n) is 4.41. The van der Waals surface area contributed by atoms with E-state index in [2.05, 4.69) is 12.1 Å². The summed E-state index contributed by atoms with van der Waals surface area (Å²) in [5.41, 5.74) is 1.16. The van der Waals surface area contributed by atoms with Crippen LogP contribution in [0.15, 0.2) is 24.3 Å². The van der Waals surface area contributed by atoms with Gasteiger partial charge in [0.05, 0.1) is 12.7 Å². The van der Waals surface area contributed by atoms with Crippen molar-refractivity contribution in [3.8, 4) is 5.75 Å². The number of hydrogen-bond donors (Lipinski definition) is 0. The Morgan fingerprint density at radius 1 is 1.06 bits per heavy atom. The van der Waals surface area contributed by atoms with Crippen molar-refractivity contribution in [2.24, 2.45) is 11.8 Å². The summed E-state index contributed by atoms with van der Waals surface area (Å²) in [5.74, 6) is 2.86. The first kappa shape index (κ1) is 12.0. The lowest BCUT2D eigenvalue weighted by Crippen LogP contribution is -2.26. The highest BCUT2D eigenvalue weighted by Gasteiger charge is 2.35. The topological polar surface area (TPSA) is 18.5 Å². The van der Waals surface area contributed by atoms with E-state index in [4.69, 9.17) is 9.47 Å². The number of benzene rings is 1. The number of fused-ring (bicyclic) bond motifs is 2. The van der Waals surface area contributed by atoms with Crippen molar-refractivity contribution in [1.29, 1.82) is 0 Å². The Morgan fingerprint density at radius 2 is 1.78 bits per heavy atom. The fourth-order valence-electron chi connectivity index (χ4n) is 3.62. The van der Waals surface area contributed by atoms with Crippen molar-refractivity contribution in [2.75, 3.05) is 7.11 Å². The molecule has 0 N–H and O–H groups in total. The molecule has 0 radical (unpaired) electrons. The zero-order chi connectivity index (χ0) is 12.4.